The molecule has 0 aromatic rings. The molecule has 1 nitrogen and oxygen atoms in total. The van der Waals surface area contributed by atoms with Gasteiger partial charge in [0.15, 0.2) is 0 Å². The molecular formula is C12H24O. The summed E-state index contributed by atoms with van der Waals surface area (Å²) < 4.78 is 0. The van der Waals surface area contributed by atoms with Crippen LogP contribution in [-0.4, -0.2) is 11.7 Å². The molecule has 1 aliphatic rings. The fraction of sp³-hybridized carbons (Fsp3) is 1.00. The van der Waals surface area contributed by atoms with Crippen molar-refractivity contribution >= 4 is 0 Å². The molecule has 1 unspecified atom stereocenters. The highest BCUT2D eigenvalue weighted by Gasteiger charge is 2.25. The summed E-state index contributed by atoms with van der Waals surface area (Å²) in [6.07, 6.45) is 8.02. The molecule has 1 rings (SSSR count). The third-order valence-corrected chi connectivity index (χ3v) is 3.89. The van der Waals surface area contributed by atoms with Gasteiger partial charge < -0.3 is 5.11 Å². The van der Waals surface area contributed by atoms with Gasteiger partial charge in [-0.2, -0.15) is 0 Å². The zero-order valence-corrected chi connectivity index (χ0v) is 9.13. The molecule has 1 atom stereocenters. The van der Waals surface area contributed by atoms with Crippen molar-refractivity contribution < 1.29 is 5.11 Å². The molecule has 1 fully saturated rings. The van der Waals surface area contributed by atoms with Gasteiger partial charge >= 0.3 is 0 Å². The SMILES string of the molecule is CCC1CCC(C(CC)CO)CC1. The van der Waals surface area contributed by atoms with E-state index in [0.29, 0.717) is 12.5 Å². The van der Waals surface area contributed by atoms with Crippen LogP contribution < -0.4 is 0 Å². The van der Waals surface area contributed by atoms with Gasteiger partial charge in [-0.05, 0) is 30.6 Å². The second-order valence-electron chi connectivity index (χ2n) is 4.54. The third-order valence-electron chi connectivity index (χ3n) is 3.89. The number of aliphatic hydroxyl groups is 1. The molecule has 0 heterocycles. The molecule has 1 heteroatoms. The summed E-state index contributed by atoms with van der Waals surface area (Å²) in [5.74, 6) is 2.38. The number of hydrogen-bond acceptors (Lipinski definition) is 1. The second kappa shape index (κ2) is 5.64. The summed E-state index contributed by atoms with van der Waals surface area (Å²) in [6, 6.07) is 0. The predicted molar refractivity (Wildman–Crippen MR) is 56.6 cm³/mol. The van der Waals surface area contributed by atoms with Crippen LogP contribution in [0.4, 0.5) is 0 Å². The van der Waals surface area contributed by atoms with Crippen molar-refractivity contribution in [3.05, 3.63) is 0 Å². The van der Waals surface area contributed by atoms with Gasteiger partial charge in [0.1, 0.15) is 0 Å². The molecule has 13 heavy (non-hydrogen) atoms. The van der Waals surface area contributed by atoms with Gasteiger partial charge in [-0.25, -0.2) is 0 Å². The Kier molecular flexibility index (Phi) is 4.79. The topological polar surface area (TPSA) is 20.2 Å². The highest BCUT2D eigenvalue weighted by molar-refractivity contribution is 4.76. The lowest BCUT2D eigenvalue weighted by molar-refractivity contribution is 0.127. The van der Waals surface area contributed by atoms with Gasteiger partial charge in [-0.3, -0.25) is 0 Å². The average molecular weight is 184 g/mol. The van der Waals surface area contributed by atoms with Crippen LogP contribution in [0.15, 0.2) is 0 Å². The van der Waals surface area contributed by atoms with E-state index >= 15 is 0 Å². The fourth-order valence-electron chi connectivity index (χ4n) is 2.68. The molecule has 0 saturated heterocycles. The van der Waals surface area contributed by atoms with Crippen LogP contribution in [0, 0.1) is 17.8 Å². The zero-order valence-electron chi connectivity index (χ0n) is 9.13. The Balaban J connectivity index is 2.30. The lowest BCUT2D eigenvalue weighted by atomic mass is 9.74. The lowest BCUT2D eigenvalue weighted by Gasteiger charge is -2.32. The molecule has 0 bridgehead atoms. The first-order valence-corrected chi connectivity index (χ1v) is 5.92. The normalized spacial score (nSPS) is 31.6. The molecule has 1 saturated carbocycles. The molecular weight excluding hydrogens is 160 g/mol. The van der Waals surface area contributed by atoms with Crippen molar-refractivity contribution in [1.29, 1.82) is 0 Å². The van der Waals surface area contributed by atoms with Crippen LogP contribution in [0.5, 0.6) is 0 Å². The van der Waals surface area contributed by atoms with Crippen LogP contribution in [0.2, 0.25) is 0 Å². The average Bonchev–Trinajstić information content (AvgIpc) is 2.21. The minimum absolute atomic E-state index is 0.401. The van der Waals surface area contributed by atoms with Crippen LogP contribution in [0.1, 0.15) is 52.4 Å². The molecule has 1 aliphatic carbocycles. The van der Waals surface area contributed by atoms with Gasteiger partial charge in [0.25, 0.3) is 0 Å². The quantitative estimate of drug-likeness (QED) is 0.711. The summed E-state index contributed by atoms with van der Waals surface area (Å²) in [6.45, 7) is 4.90. The Hall–Kier alpha value is -0.0400. The molecule has 0 aliphatic heterocycles. The van der Waals surface area contributed by atoms with Crippen molar-refractivity contribution in [2.75, 3.05) is 6.61 Å². The van der Waals surface area contributed by atoms with E-state index in [0.717, 1.165) is 18.3 Å². The summed E-state index contributed by atoms with van der Waals surface area (Å²) in [7, 11) is 0. The van der Waals surface area contributed by atoms with E-state index in [1.165, 1.54) is 32.1 Å². The smallest absolute Gasteiger partial charge is 0.0461 e. The standard InChI is InChI=1S/C12H24O/c1-3-10-5-7-12(8-6-10)11(4-2)9-13/h10-13H,3-9H2,1-2H3. The van der Waals surface area contributed by atoms with Gasteiger partial charge in [0.05, 0.1) is 0 Å². The summed E-state index contributed by atoms with van der Waals surface area (Å²) in [4.78, 5) is 0. The van der Waals surface area contributed by atoms with E-state index in [9.17, 15) is 5.11 Å². The van der Waals surface area contributed by atoms with E-state index in [1.54, 1.807) is 0 Å². The molecule has 0 aromatic heterocycles. The monoisotopic (exact) mass is 184 g/mol. The number of aliphatic hydroxyl groups excluding tert-OH is 1. The Bertz CT molecular complexity index is 121. The Morgan fingerprint density at radius 1 is 1.15 bits per heavy atom. The van der Waals surface area contributed by atoms with Crippen LogP contribution in [-0.2, 0) is 0 Å². The van der Waals surface area contributed by atoms with Crippen LogP contribution >= 0.6 is 0 Å². The Morgan fingerprint density at radius 3 is 2.15 bits per heavy atom. The first-order valence-electron chi connectivity index (χ1n) is 5.92. The van der Waals surface area contributed by atoms with Gasteiger partial charge in [0.2, 0.25) is 0 Å². The molecule has 0 radical (unpaired) electrons. The maximum Gasteiger partial charge on any atom is 0.0461 e. The van der Waals surface area contributed by atoms with Crippen molar-refractivity contribution in [1.82, 2.24) is 0 Å². The first-order chi connectivity index (χ1) is 6.31. The van der Waals surface area contributed by atoms with Gasteiger partial charge in [0, 0.05) is 6.61 Å². The van der Waals surface area contributed by atoms with E-state index in [4.69, 9.17) is 0 Å². The molecule has 0 aromatic carbocycles. The van der Waals surface area contributed by atoms with E-state index in [-0.39, 0.29) is 0 Å². The first kappa shape index (κ1) is 11.0. The molecule has 0 amide bonds. The van der Waals surface area contributed by atoms with Crippen molar-refractivity contribution in [2.24, 2.45) is 17.8 Å². The third kappa shape index (κ3) is 2.98. The van der Waals surface area contributed by atoms with Gasteiger partial charge in [-0.1, -0.05) is 39.5 Å². The largest absolute Gasteiger partial charge is 0.396 e. The highest BCUT2D eigenvalue weighted by atomic mass is 16.3. The lowest BCUT2D eigenvalue weighted by Crippen LogP contribution is -2.23. The number of rotatable bonds is 4. The second-order valence-corrected chi connectivity index (χ2v) is 4.54. The van der Waals surface area contributed by atoms with Crippen molar-refractivity contribution in [3.8, 4) is 0 Å². The summed E-state index contributed by atoms with van der Waals surface area (Å²) >= 11 is 0. The maximum absolute atomic E-state index is 9.20. The van der Waals surface area contributed by atoms with Crippen molar-refractivity contribution in [3.63, 3.8) is 0 Å². The minimum Gasteiger partial charge on any atom is -0.396 e. The van der Waals surface area contributed by atoms with Crippen molar-refractivity contribution in [2.45, 2.75) is 52.4 Å². The predicted octanol–water partition coefficient (Wildman–Crippen LogP) is 3.22. The molecule has 78 valence electrons. The molecule has 0 spiro atoms. The fourth-order valence-corrected chi connectivity index (χ4v) is 2.68. The Morgan fingerprint density at radius 2 is 1.77 bits per heavy atom. The molecule has 1 N–H and O–H groups in total. The highest BCUT2D eigenvalue weighted by Crippen LogP contribution is 2.35. The number of hydrogen-bond donors (Lipinski definition) is 1. The summed E-state index contributed by atoms with van der Waals surface area (Å²) in [5.41, 5.74) is 0. The van der Waals surface area contributed by atoms with Gasteiger partial charge in [-0.15, -0.1) is 0 Å². The Labute approximate surface area is 82.5 Å². The maximum atomic E-state index is 9.20. The van der Waals surface area contributed by atoms with E-state index in [2.05, 4.69) is 13.8 Å². The summed E-state index contributed by atoms with van der Waals surface area (Å²) in [5, 5.41) is 9.20. The van der Waals surface area contributed by atoms with E-state index in [1.807, 2.05) is 0 Å². The van der Waals surface area contributed by atoms with E-state index < -0.39 is 0 Å². The minimum atomic E-state index is 0.401. The van der Waals surface area contributed by atoms with Crippen LogP contribution in [0.25, 0.3) is 0 Å². The zero-order chi connectivity index (χ0) is 9.68. The van der Waals surface area contributed by atoms with Crippen LogP contribution in [0.3, 0.4) is 0 Å².